The van der Waals surface area contributed by atoms with Crippen molar-refractivity contribution in [1.82, 2.24) is 15.1 Å². The number of aromatic nitrogens is 2. The molecule has 0 fully saturated rings. The smallest absolute Gasteiger partial charge is 0.124 e. The van der Waals surface area contributed by atoms with E-state index in [1.54, 1.807) is 6.20 Å². The van der Waals surface area contributed by atoms with Crippen molar-refractivity contribution in [2.75, 3.05) is 6.54 Å². The summed E-state index contributed by atoms with van der Waals surface area (Å²) in [5.41, 5.74) is 2.05. The average molecular weight is 419 g/mol. The molecule has 1 aromatic carbocycles. The lowest BCUT2D eigenvalue weighted by atomic mass is 10.0. The zero-order valence-electron chi connectivity index (χ0n) is 12.0. The maximum atomic E-state index is 13.4. The van der Waals surface area contributed by atoms with Gasteiger partial charge in [0.1, 0.15) is 5.82 Å². The van der Waals surface area contributed by atoms with E-state index in [0.29, 0.717) is 0 Å². The predicted octanol–water partition coefficient (Wildman–Crippen LogP) is 4.66. The standard InChI is InChI=1S/C15H18Br2FN3/c1-3-7-19-14(11-6-5-10(18)8-12(11)16)15-13(17)9-20-21(15)4-2/h5-6,8-9,14,19H,3-4,7H2,1-2H3. The fraction of sp³-hybridized carbons (Fsp3) is 0.400. The van der Waals surface area contributed by atoms with E-state index in [2.05, 4.69) is 56.1 Å². The summed E-state index contributed by atoms with van der Waals surface area (Å²) >= 11 is 7.05. The lowest BCUT2D eigenvalue weighted by molar-refractivity contribution is 0.526. The minimum Gasteiger partial charge on any atom is -0.305 e. The van der Waals surface area contributed by atoms with Gasteiger partial charge in [-0.15, -0.1) is 0 Å². The average Bonchev–Trinajstić information content (AvgIpc) is 2.82. The van der Waals surface area contributed by atoms with Crippen LogP contribution < -0.4 is 5.32 Å². The highest BCUT2D eigenvalue weighted by molar-refractivity contribution is 9.10. The lowest BCUT2D eigenvalue weighted by Gasteiger charge is -2.22. The number of rotatable bonds is 6. The van der Waals surface area contributed by atoms with Crippen molar-refractivity contribution in [2.24, 2.45) is 0 Å². The molecule has 3 nitrogen and oxygen atoms in total. The van der Waals surface area contributed by atoms with Crippen molar-refractivity contribution in [1.29, 1.82) is 0 Å². The van der Waals surface area contributed by atoms with Gasteiger partial charge in [0.15, 0.2) is 0 Å². The van der Waals surface area contributed by atoms with E-state index >= 15 is 0 Å². The van der Waals surface area contributed by atoms with Crippen LogP contribution in [-0.4, -0.2) is 16.3 Å². The first-order valence-electron chi connectivity index (χ1n) is 6.98. The molecule has 0 saturated heterocycles. The third kappa shape index (κ3) is 3.73. The van der Waals surface area contributed by atoms with Crippen LogP contribution in [0.25, 0.3) is 0 Å². The Morgan fingerprint density at radius 1 is 1.29 bits per heavy atom. The van der Waals surface area contributed by atoms with Crippen LogP contribution in [0.5, 0.6) is 0 Å². The van der Waals surface area contributed by atoms with E-state index < -0.39 is 0 Å². The van der Waals surface area contributed by atoms with Crippen molar-refractivity contribution in [3.05, 3.63) is 50.4 Å². The molecule has 2 aromatic rings. The summed E-state index contributed by atoms with van der Waals surface area (Å²) in [5, 5.41) is 7.90. The summed E-state index contributed by atoms with van der Waals surface area (Å²) in [6.07, 6.45) is 2.82. The third-order valence-corrected chi connectivity index (χ3v) is 4.58. The summed E-state index contributed by atoms with van der Waals surface area (Å²) in [4.78, 5) is 0. The number of aryl methyl sites for hydroxylation is 1. The largest absolute Gasteiger partial charge is 0.305 e. The van der Waals surface area contributed by atoms with Crippen molar-refractivity contribution in [3.63, 3.8) is 0 Å². The Morgan fingerprint density at radius 3 is 2.67 bits per heavy atom. The maximum Gasteiger partial charge on any atom is 0.124 e. The van der Waals surface area contributed by atoms with Gasteiger partial charge in [0.25, 0.3) is 0 Å². The summed E-state index contributed by atoms with van der Waals surface area (Å²) in [7, 11) is 0. The monoisotopic (exact) mass is 417 g/mol. The van der Waals surface area contributed by atoms with Gasteiger partial charge in [-0.1, -0.05) is 28.9 Å². The molecule has 114 valence electrons. The number of benzene rings is 1. The summed E-state index contributed by atoms with van der Waals surface area (Å²) in [5.74, 6) is -0.247. The molecular weight excluding hydrogens is 401 g/mol. The Kier molecular flexibility index (Phi) is 5.96. The minimum absolute atomic E-state index is 0.0447. The molecule has 6 heteroatoms. The molecule has 0 aliphatic heterocycles. The van der Waals surface area contributed by atoms with Crippen LogP contribution in [0.15, 0.2) is 33.3 Å². The Morgan fingerprint density at radius 2 is 2.05 bits per heavy atom. The molecule has 21 heavy (non-hydrogen) atoms. The van der Waals surface area contributed by atoms with Crippen LogP contribution in [0.2, 0.25) is 0 Å². The Balaban J connectivity index is 2.49. The zero-order chi connectivity index (χ0) is 15.4. The molecule has 1 unspecified atom stereocenters. The second kappa shape index (κ2) is 7.51. The highest BCUT2D eigenvalue weighted by atomic mass is 79.9. The van der Waals surface area contributed by atoms with Gasteiger partial charge in [0, 0.05) is 11.0 Å². The molecule has 2 rings (SSSR count). The Bertz CT molecular complexity index is 613. The van der Waals surface area contributed by atoms with Crippen LogP contribution in [-0.2, 0) is 6.54 Å². The van der Waals surface area contributed by atoms with Gasteiger partial charge in [-0.05, 0) is 53.5 Å². The molecular formula is C15H18Br2FN3. The molecule has 0 bridgehead atoms. The number of halogens is 3. The van der Waals surface area contributed by atoms with E-state index in [4.69, 9.17) is 0 Å². The second-order valence-corrected chi connectivity index (χ2v) is 6.46. The first kappa shape index (κ1) is 16.6. The van der Waals surface area contributed by atoms with Crippen LogP contribution in [0, 0.1) is 5.82 Å². The van der Waals surface area contributed by atoms with Crippen molar-refractivity contribution >= 4 is 31.9 Å². The van der Waals surface area contributed by atoms with Gasteiger partial charge in [0.05, 0.1) is 22.4 Å². The van der Waals surface area contributed by atoms with Crippen LogP contribution >= 0.6 is 31.9 Å². The number of nitrogens with zero attached hydrogens (tertiary/aromatic N) is 2. The highest BCUT2D eigenvalue weighted by Gasteiger charge is 2.23. The predicted molar refractivity (Wildman–Crippen MR) is 89.8 cm³/mol. The normalized spacial score (nSPS) is 12.6. The Labute approximate surface area is 141 Å². The fourth-order valence-corrected chi connectivity index (χ4v) is 3.39. The molecule has 0 saturated carbocycles. The molecule has 0 spiro atoms. The van der Waals surface area contributed by atoms with E-state index in [0.717, 1.165) is 39.7 Å². The van der Waals surface area contributed by atoms with Gasteiger partial charge in [0.2, 0.25) is 0 Å². The number of hydrogen-bond acceptors (Lipinski definition) is 2. The van der Waals surface area contributed by atoms with E-state index in [1.165, 1.54) is 12.1 Å². The highest BCUT2D eigenvalue weighted by Crippen LogP contribution is 2.33. The lowest BCUT2D eigenvalue weighted by Crippen LogP contribution is -2.26. The first-order chi connectivity index (χ1) is 10.1. The summed E-state index contributed by atoms with van der Waals surface area (Å²) in [6, 6.07) is 4.75. The molecule has 0 amide bonds. The van der Waals surface area contributed by atoms with Crippen LogP contribution in [0.1, 0.15) is 37.6 Å². The second-order valence-electron chi connectivity index (χ2n) is 4.75. The zero-order valence-corrected chi connectivity index (χ0v) is 15.2. The summed E-state index contributed by atoms with van der Waals surface area (Å²) < 4.78 is 17.0. The quantitative estimate of drug-likeness (QED) is 0.739. The molecule has 0 aliphatic carbocycles. The number of hydrogen-bond donors (Lipinski definition) is 1. The minimum atomic E-state index is -0.247. The first-order valence-corrected chi connectivity index (χ1v) is 8.56. The van der Waals surface area contributed by atoms with Crippen LogP contribution in [0.3, 0.4) is 0 Å². The summed E-state index contributed by atoms with van der Waals surface area (Å²) in [6.45, 7) is 5.83. The molecule has 1 N–H and O–H groups in total. The van der Waals surface area contributed by atoms with Gasteiger partial charge >= 0.3 is 0 Å². The van der Waals surface area contributed by atoms with Gasteiger partial charge < -0.3 is 5.32 Å². The molecule has 0 radical (unpaired) electrons. The van der Waals surface area contributed by atoms with Gasteiger partial charge in [-0.3, -0.25) is 4.68 Å². The van der Waals surface area contributed by atoms with Crippen LogP contribution in [0.4, 0.5) is 4.39 Å². The fourth-order valence-electron chi connectivity index (χ4n) is 2.29. The number of nitrogens with one attached hydrogen (secondary N) is 1. The van der Waals surface area contributed by atoms with Crippen molar-refractivity contribution < 1.29 is 4.39 Å². The molecule has 0 aliphatic rings. The van der Waals surface area contributed by atoms with E-state index in [1.807, 2.05) is 10.7 Å². The van der Waals surface area contributed by atoms with Crippen molar-refractivity contribution in [2.45, 2.75) is 32.9 Å². The third-order valence-electron chi connectivity index (χ3n) is 3.28. The van der Waals surface area contributed by atoms with E-state index in [9.17, 15) is 4.39 Å². The van der Waals surface area contributed by atoms with Gasteiger partial charge in [-0.2, -0.15) is 5.10 Å². The molecule has 1 aromatic heterocycles. The molecule has 1 heterocycles. The Hall–Kier alpha value is -0.720. The maximum absolute atomic E-state index is 13.4. The van der Waals surface area contributed by atoms with Gasteiger partial charge in [-0.25, -0.2) is 4.39 Å². The topological polar surface area (TPSA) is 29.9 Å². The van der Waals surface area contributed by atoms with E-state index in [-0.39, 0.29) is 11.9 Å². The molecule has 1 atom stereocenters. The SMILES string of the molecule is CCCNC(c1ccc(F)cc1Br)c1c(Br)cnn1CC. The van der Waals surface area contributed by atoms with Crippen molar-refractivity contribution in [3.8, 4) is 0 Å².